The largest absolute Gasteiger partial charge is 0.463 e. The molecule has 0 aliphatic carbocycles. The number of rotatable bonds is 6. The first kappa shape index (κ1) is 24.9. The number of alkyl halides is 6. The van der Waals surface area contributed by atoms with Crippen molar-refractivity contribution in [2.75, 3.05) is 11.9 Å². The molecule has 0 saturated heterocycles. The number of para-hydroxylation sites is 1. The average molecular weight is 470 g/mol. The number of hydrogen-bond donors (Lipinski definition) is 2. The molecule has 13 heteroatoms. The third kappa shape index (κ3) is 4.92. The molecule has 0 radical (unpaired) electrons. The predicted octanol–water partition coefficient (Wildman–Crippen LogP) is 4.65. The van der Waals surface area contributed by atoms with Gasteiger partial charge in [0.2, 0.25) is 0 Å². The van der Waals surface area contributed by atoms with Crippen molar-refractivity contribution in [2.45, 2.75) is 24.9 Å². The fraction of sp³-hybridized carbons (Fsp3) is 0.263. The van der Waals surface area contributed by atoms with Crippen LogP contribution >= 0.6 is 0 Å². The van der Waals surface area contributed by atoms with Gasteiger partial charge < -0.3 is 15.4 Å². The van der Waals surface area contributed by atoms with Crippen LogP contribution in [0.2, 0.25) is 0 Å². The maximum absolute atomic E-state index is 14.1. The summed E-state index contributed by atoms with van der Waals surface area (Å²) in [6.07, 6.45) is -11.0. The molecule has 0 fully saturated rings. The van der Waals surface area contributed by atoms with Gasteiger partial charge in [0.1, 0.15) is 17.2 Å². The number of esters is 1. The van der Waals surface area contributed by atoms with E-state index >= 15 is 0 Å². The Labute approximate surface area is 175 Å². The lowest BCUT2D eigenvalue weighted by atomic mass is 10.1. The number of nitrogens with one attached hydrogen (secondary N) is 2. The van der Waals surface area contributed by atoms with E-state index in [-0.39, 0.29) is 0 Å². The van der Waals surface area contributed by atoms with Gasteiger partial charge in [-0.25, -0.2) is 13.6 Å². The molecule has 2 aromatic carbocycles. The van der Waals surface area contributed by atoms with Gasteiger partial charge in [-0.05, 0) is 31.2 Å². The highest BCUT2D eigenvalue weighted by Gasteiger charge is 2.64. The van der Waals surface area contributed by atoms with Crippen molar-refractivity contribution < 1.29 is 49.4 Å². The minimum Gasteiger partial charge on any atom is -0.463 e. The molecule has 1 unspecified atom stereocenters. The molecule has 0 heterocycles. The maximum atomic E-state index is 14.1. The molecule has 5 nitrogen and oxygen atoms in total. The minimum atomic E-state index is -5.82. The third-order valence-corrected chi connectivity index (χ3v) is 4.05. The van der Waals surface area contributed by atoms with Crippen LogP contribution in [0.4, 0.5) is 40.8 Å². The smallest absolute Gasteiger partial charge is 0.441 e. The van der Waals surface area contributed by atoms with Crippen LogP contribution in [0.15, 0.2) is 42.5 Å². The van der Waals surface area contributed by atoms with E-state index in [1.165, 1.54) is 5.32 Å². The molecule has 2 aromatic rings. The summed E-state index contributed by atoms with van der Waals surface area (Å²) in [5.41, 5.74) is -8.67. The van der Waals surface area contributed by atoms with E-state index in [1.54, 1.807) is 0 Å². The second-order valence-corrected chi connectivity index (χ2v) is 6.19. The number of carbonyl (C=O) groups excluding carboxylic acids is 2. The molecule has 174 valence electrons. The molecule has 0 bridgehead atoms. The lowest BCUT2D eigenvalue weighted by Gasteiger charge is -2.36. The van der Waals surface area contributed by atoms with Crippen molar-refractivity contribution in [3.8, 4) is 0 Å². The first-order valence-corrected chi connectivity index (χ1v) is 8.69. The van der Waals surface area contributed by atoms with Crippen LogP contribution in [-0.4, -0.2) is 30.3 Å². The van der Waals surface area contributed by atoms with Gasteiger partial charge in [-0.2, -0.15) is 26.3 Å². The SMILES string of the molecule is CCOC(=O)C(NC(=O)c1c(F)cccc1F)(Nc1ccccc1C(F)(F)F)C(F)(F)F. The first-order chi connectivity index (χ1) is 14.7. The second kappa shape index (κ2) is 9.01. The quantitative estimate of drug-likeness (QED) is 0.367. The summed E-state index contributed by atoms with van der Waals surface area (Å²) in [5, 5.41) is 2.42. The van der Waals surface area contributed by atoms with Crippen LogP contribution in [-0.2, 0) is 15.7 Å². The molecule has 1 amide bonds. The van der Waals surface area contributed by atoms with Gasteiger partial charge in [0.15, 0.2) is 0 Å². The van der Waals surface area contributed by atoms with Crippen LogP contribution in [0, 0.1) is 11.6 Å². The molecule has 0 spiro atoms. The van der Waals surface area contributed by atoms with Crippen molar-refractivity contribution in [1.29, 1.82) is 0 Å². The van der Waals surface area contributed by atoms with Crippen molar-refractivity contribution >= 4 is 17.6 Å². The van der Waals surface area contributed by atoms with Crippen LogP contribution in [0.5, 0.6) is 0 Å². The van der Waals surface area contributed by atoms with E-state index in [9.17, 15) is 44.7 Å². The normalized spacial score (nSPS) is 13.8. The molecule has 0 aliphatic rings. The van der Waals surface area contributed by atoms with Gasteiger partial charge in [-0.3, -0.25) is 4.79 Å². The van der Waals surface area contributed by atoms with Crippen molar-refractivity contribution in [1.82, 2.24) is 5.32 Å². The Morgan fingerprint density at radius 2 is 1.47 bits per heavy atom. The lowest BCUT2D eigenvalue weighted by Crippen LogP contribution is -2.69. The topological polar surface area (TPSA) is 67.4 Å². The summed E-state index contributed by atoms with van der Waals surface area (Å²) < 4.78 is 114. The molecule has 2 rings (SSSR count). The monoisotopic (exact) mass is 470 g/mol. The highest BCUT2D eigenvalue weighted by Crippen LogP contribution is 2.39. The molecule has 1 atom stereocenters. The van der Waals surface area contributed by atoms with Gasteiger partial charge >= 0.3 is 24.0 Å². The summed E-state index contributed by atoms with van der Waals surface area (Å²) in [7, 11) is 0. The Morgan fingerprint density at radius 3 is 1.97 bits per heavy atom. The molecule has 0 aliphatic heterocycles. The Hall–Kier alpha value is -3.38. The lowest BCUT2D eigenvalue weighted by molar-refractivity contribution is -0.204. The fourth-order valence-electron chi connectivity index (χ4n) is 2.62. The van der Waals surface area contributed by atoms with Crippen molar-refractivity contribution in [3.63, 3.8) is 0 Å². The zero-order valence-electron chi connectivity index (χ0n) is 16.0. The maximum Gasteiger partial charge on any atom is 0.441 e. The van der Waals surface area contributed by atoms with Crippen LogP contribution in [0.3, 0.4) is 0 Å². The number of anilines is 1. The van der Waals surface area contributed by atoms with Crippen LogP contribution in [0.1, 0.15) is 22.8 Å². The number of carbonyl (C=O) groups is 2. The first-order valence-electron chi connectivity index (χ1n) is 8.69. The number of amides is 1. The number of halogens is 8. The van der Waals surface area contributed by atoms with Crippen molar-refractivity contribution in [2.24, 2.45) is 0 Å². The number of benzene rings is 2. The third-order valence-electron chi connectivity index (χ3n) is 4.05. The Balaban J connectivity index is 2.68. The van der Waals surface area contributed by atoms with Crippen LogP contribution in [0.25, 0.3) is 0 Å². The fourth-order valence-corrected chi connectivity index (χ4v) is 2.62. The molecule has 32 heavy (non-hydrogen) atoms. The van der Waals surface area contributed by atoms with Gasteiger partial charge in [-0.15, -0.1) is 0 Å². The Kier molecular flexibility index (Phi) is 7.00. The predicted molar refractivity (Wildman–Crippen MR) is 94.3 cm³/mol. The molecule has 0 saturated carbocycles. The Bertz CT molecular complexity index is 987. The van der Waals surface area contributed by atoms with E-state index in [4.69, 9.17) is 0 Å². The zero-order valence-corrected chi connectivity index (χ0v) is 16.0. The highest BCUT2D eigenvalue weighted by atomic mass is 19.4. The van der Waals surface area contributed by atoms with E-state index < -0.39 is 64.9 Å². The zero-order chi connectivity index (χ0) is 24.3. The van der Waals surface area contributed by atoms with Gasteiger partial charge in [0.05, 0.1) is 12.2 Å². The van der Waals surface area contributed by atoms with E-state index in [0.717, 1.165) is 30.4 Å². The van der Waals surface area contributed by atoms with Crippen LogP contribution < -0.4 is 10.6 Å². The highest BCUT2D eigenvalue weighted by molar-refractivity contribution is 6.00. The summed E-state index contributed by atoms with van der Waals surface area (Å²) in [6.45, 7) is 0.435. The van der Waals surface area contributed by atoms with Gasteiger partial charge in [0.25, 0.3) is 5.91 Å². The standard InChI is InChI=1S/C19H14F8N2O3/c1-2-32-16(31)17(19(25,26)27,28-13-9-4-3-6-10(13)18(22,23)24)29-15(30)14-11(20)7-5-8-12(14)21/h3-9,28H,2H2,1H3,(H,29,30). The van der Waals surface area contributed by atoms with E-state index in [1.807, 2.05) is 0 Å². The molecule has 2 N–H and O–H groups in total. The minimum absolute atomic E-state index is 0.424. The number of hydrogen-bond acceptors (Lipinski definition) is 4. The summed E-state index contributed by atoms with van der Waals surface area (Å²) in [6, 6.07) is 4.74. The summed E-state index contributed by atoms with van der Waals surface area (Å²) in [5.74, 6) is -7.46. The summed E-state index contributed by atoms with van der Waals surface area (Å²) >= 11 is 0. The molecular formula is C19H14F8N2O3. The van der Waals surface area contributed by atoms with Gasteiger partial charge in [-0.1, -0.05) is 18.2 Å². The van der Waals surface area contributed by atoms with E-state index in [0.29, 0.717) is 24.3 Å². The summed E-state index contributed by atoms with van der Waals surface area (Å²) in [4.78, 5) is 24.7. The molecular weight excluding hydrogens is 456 g/mol. The van der Waals surface area contributed by atoms with Gasteiger partial charge in [0, 0.05) is 5.69 Å². The average Bonchev–Trinajstić information content (AvgIpc) is 2.66. The molecule has 0 aromatic heterocycles. The van der Waals surface area contributed by atoms with E-state index in [2.05, 4.69) is 4.74 Å². The Morgan fingerprint density at radius 1 is 0.906 bits per heavy atom. The number of ether oxygens (including phenoxy) is 1. The van der Waals surface area contributed by atoms with Crippen molar-refractivity contribution in [3.05, 3.63) is 65.2 Å². The second-order valence-electron chi connectivity index (χ2n) is 6.19.